The van der Waals surface area contributed by atoms with Crippen LogP contribution in [-0.2, 0) is 25.7 Å². The SMILES string of the molecule is CCCCC(NC(=O)OCc1ccccc1)C(=O)NCC(=O)OCC. The van der Waals surface area contributed by atoms with E-state index < -0.39 is 24.0 Å². The molecule has 0 aliphatic rings. The first-order valence-corrected chi connectivity index (χ1v) is 8.47. The Labute approximate surface area is 148 Å². The number of ether oxygens (including phenoxy) is 2. The first-order valence-electron chi connectivity index (χ1n) is 8.47. The predicted molar refractivity (Wildman–Crippen MR) is 92.7 cm³/mol. The molecule has 0 saturated heterocycles. The molecule has 0 aromatic heterocycles. The minimum absolute atomic E-state index is 0.123. The lowest BCUT2D eigenvalue weighted by molar-refractivity contribution is -0.143. The number of nitrogens with one attached hydrogen (secondary N) is 2. The van der Waals surface area contributed by atoms with E-state index in [0.717, 1.165) is 18.4 Å². The maximum atomic E-state index is 12.2. The molecule has 2 amide bonds. The highest BCUT2D eigenvalue weighted by atomic mass is 16.5. The fourth-order valence-corrected chi connectivity index (χ4v) is 2.08. The van der Waals surface area contributed by atoms with Crippen molar-refractivity contribution in [2.75, 3.05) is 13.2 Å². The molecule has 0 fully saturated rings. The maximum Gasteiger partial charge on any atom is 0.408 e. The quantitative estimate of drug-likeness (QED) is 0.631. The molecule has 2 N–H and O–H groups in total. The van der Waals surface area contributed by atoms with Gasteiger partial charge in [0, 0.05) is 0 Å². The molecule has 1 rings (SSSR count). The monoisotopic (exact) mass is 350 g/mol. The Morgan fingerprint density at radius 3 is 2.44 bits per heavy atom. The third kappa shape index (κ3) is 8.74. The van der Waals surface area contributed by atoms with Crippen LogP contribution in [0, 0.1) is 0 Å². The zero-order valence-electron chi connectivity index (χ0n) is 14.7. The predicted octanol–water partition coefficient (Wildman–Crippen LogP) is 2.15. The van der Waals surface area contributed by atoms with Gasteiger partial charge in [0.2, 0.25) is 5.91 Å². The van der Waals surface area contributed by atoms with Crippen LogP contribution in [0.4, 0.5) is 4.79 Å². The van der Waals surface area contributed by atoms with E-state index in [-0.39, 0.29) is 19.8 Å². The van der Waals surface area contributed by atoms with E-state index in [1.165, 1.54) is 0 Å². The Morgan fingerprint density at radius 1 is 1.08 bits per heavy atom. The van der Waals surface area contributed by atoms with E-state index in [4.69, 9.17) is 9.47 Å². The number of carbonyl (C=O) groups excluding carboxylic acids is 3. The molecule has 0 radical (unpaired) electrons. The van der Waals surface area contributed by atoms with Crippen molar-refractivity contribution in [1.82, 2.24) is 10.6 Å². The Bertz CT molecular complexity index is 548. The highest BCUT2D eigenvalue weighted by molar-refractivity contribution is 5.88. The molecule has 0 aliphatic carbocycles. The standard InChI is InChI=1S/C18H26N2O5/c1-3-5-11-15(17(22)19-12-16(21)24-4-2)20-18(23)25-13-14-9-7-6-8-10-14/h6-10,15H,3-5,11-13H2,1-2H3,(H,19,22)(H,20,23). The zero-order valence-corrected chi connectivity index (χ0v) is 14.7. The third-order valence-corrected chi connectivity index (χ3v) is 3.38. The van der Waals surface area contributed by atoms with Gasteiger partial charge in [-0.2, -0.15) is 0 Å². The van der Waals surface area contributed by atoms with Crippen molar-refractivity contribution in [3.8, 4) is 0 Å². The summed E-state index contributed by atoms with van der Waals surface area (Å²) in [4.78, 5) is 35.4. The molecule has 1 aromatic carbocycles. The second-order valence-electron chi connectivity index (χ2n) is 5.42. The number of hydrogen-bond donors (Lipinski definition) is 2. The van der Waals surface area contributed by atoms with Crippen LogP contribution < -0.4 is 10.6 Å². The summed E-state index contributed by atoms with van der Waals surface area (Å²) < 4.78 is 9.89. The van der Waals surface area contributed by atoms with Crippen molar-refractivity contribution in [3.63, 3.8) is 0 Å². The molecule has 138 valence electrons. The van der Waals surface area contributed by atoms with Crippen LogP contribution in [0.3, 0.4) is 0 Å². The number of hydrogen-bond acceptors (Lipinski definition) is 5. The molecule has 1 atom stereocenters. The van der Waals surface area contributed by atoms with E-state index in [9.17, 15) is 14.4 Å². The van der Waals surface area contributed by atoms with E-state index >= 15 is 0 Å². The second kappa shape index (κ2) is 11.9. The van der Waals surface area contributed by atoms with Crippen molar-refractivity contribution >= 4 is 18.0 Å². The molecule has 7 heteroatoms. The van der Waals surface area contributed by atoms with Gasteiger partial charge in [-0.1, -0.05) is 50.1 Å². The fraction of sp³-hybridized carbons (Fsp3) is 0.500. The van der Waals surface area contributed by atoms with Gasteiger partial charge < -0.3 is 20.1 Å². The number of esters is 1. The van der Waals surface area contributed by atoms with Gasteiger partial charge in [0.25, 0.3) is 0 Å². The fourth-order valence-electron chi connectivity index (χ4n) is 2.08. The molecule has 0 bridgehead atoms. The molecule has 1 unspecified atom stereocenters. The van der Waals surface area contributed by atoms with Gasteiger partial charge in [-0.05, 0) is 18.9 Å². The minimum Gasteiger partial charge on any atom is -0.465 e. The summed E-state index contributed by atoms with van der Waals surface area (Å²) in [7, 11) is 0. The number of benzene rings is 1. The Kier molecular flexibility index (Phi) is 9.74. The Balaban J connectivity index is 2.48. The van der Waals surface area contributed by atoms with Gasteiger partial charge in [-0.15, -0.1) is 0 Å². The largest absolute Gasteiger partial charge is 0.465 e. The van der Waals surface area contributed by atoms with Gasteiger partial charge >= 0.3 is 12.1 Å². The molecule has 0 spiro atoms. The molecule has 7 nitrogen and oxygen atoms in total. The average Bonchev–Trinajstić information content (AvgIpc) is 2.62. The summed E-state index contributed by atoms with van der Waals surface area (Å²) in [6.07, 6.45) is 1.43. The van der Waals surface area contributed by atoms with Gasteiger partial charge in [0.05, 0.1) is 6.61 Å². The first-order chi connectivity index (χ1) is 12.1. The Morgan fingerprint density at radius 2 is 1.80 bits per heavy atom. The van der Waals surface area contributed by atoms with E-state index in [0.29, 0.717) is 6.42 Å². The summed E-state index contributed by atoms with van der Waals surface area (Å²) in [6.45, 7) is 3.82. The summed E-state index contributed by atoms with van der Waals surface area (Å²) >= 11 is 0. The normalized spacial score (nSPS) is 11.3. The van der Waals surface area contributed by atoms with Crippen LogP contribution in [0.2, 0.25) is 0 Å². The molecule has 0 heterocycles. The van der Waals surface area contributed by atoms with Crippen molar-refractivity contribution in [3.05, 3.63) is 35.9 Å². The van der Waals surface area contributed by atoms with E-state index in [1.54, 1.807) is 6.92 Å². The lowest BCUT2D eigenvalue weighted by atomic mass is 10.1. The summed E-state index contributed by atoms with van der Waals surface area (Å²) in [5.41, 5.74) is 0.856. The molecular weight excluding hydrogens is 324 g/mol. The van der Waals surface area contributed by atoms with Gasteiger partial charge in [0.15, 0.2) is 0 Å². The van der Waals surface area contributed by atoms with E-state index in [2.05, 4.69) is 10.6 Å². The van der Waals surface area contributed by atoms with Crippen molar-refractivity contribution < 1.29 is 23.9 Å². The maximum absolute atomic E-state index is 12.2. The van der Waals surface area contributed by atoms with Crippen LogP contribution in [0.25, 0.3) is 0 Å². The molecule has 1 aromatic rings. The lowest BCUT2D eigenvalue weighted by Gasteiger charge is -2.18. The highest BCUT2D eigenvalue weighted by Crippen LogP contribution is 2.04. The van der Waals surface area contributed by atoms with Crippen molar-refractivity contribution in [2.45, 2.75) is 45.8 Å². The third-order valence-electron chi connectivity index (χ3n) is 3.38. The molecule has 0 saturated carbocycles. The Hall–Kier alpha value is -2.57. The average molecular weight is 350 g/mol. The number of unbranched alkanes of at least 4 members (excludes halogenated alkanes) is 1. The first kappa shape index (κ1) is 20.5. The lowest BCUT2D eigenvalue weighted by Crippen LogP contribution is -2.48. The minimum atomic E-state index is -0.752. The highest BCUT2D eigenvalue weighted by Gasteiger charge is 2.21. The van der Waals surface area contributed by atoms with Crippen molar-refractivity contribution in [2.24, 2.45) is 0 Å². The number of rotatable bonds is 10. The number of amides is 2. The summed E-state index contributed by atoms with van der Waals surface area (Å²) in [6, 6.07) is 8.50. The van der Waals surface area contributed by atoms with Crippen LogP contribution in [0.15, 0.2) is 30.3 Å². The van der Waals surface area contributed by atoms with E-state index in [1.807, 2.05) is 37.3 Å². The van der Waals surface area contributed by atoms with Gasteiger partial charge in [0.1, 0.15) is 19.2 Å². The van der Waals surface area contributed by atoms with Crippen LogP contribution in [0.1, 0.15) is 38.7 Å². The van der Waals surface area contributed by atoms with Crippen LogP contribution in [-0.4, -0.2) is 37.2 Å². The summed E-state index contributed by atoms with van der Waals surface area (Å²) in [5, 5.41) is 5.02. The molecule has 0 aliphatic heterocycles. The number of carbonyl (C=O) groups is 3. The topological polar surface area (TPSA) is 93.7 Å². The van der Waals surface area contributed by atoms with Crippen molar-refractivity contribution in [1.29, 1.82) is 0 Å². The van der Waals surface area contributed by atoms with Crippen LogP contribution in [0.5, 0.6) is 0 Å². The molecule has 25 heavy (non-hydrogen) atoms. The smallest absolute Gasteiger partial charge is 0.408 e. The van der Waals surface area contributed by atoms with Crippen LogP contribution >= 0.6 is 0 Å². The van der Waals surface area contributed by atoms with Gasteiger partial charge in [-0.25, -0.2) is 4.79 Å². The summed E-state index contributed by atoms with van der Waals surface area (Å²) in [5.74, 6) is -0.949. The number of alkyl carbamates (subject to hydrolysis) is 1. The zero-order chi connectivity index (χ0) is 18.5. The molecular formula is C18H26N2O5. The van der Waals surface area contributed by atoms with Gasteiger partial charge in [-0.3, -0.25) is 9.59 Å². The second-order valence-corrected chi connectivity index (χ2v) is 5.42.